The van der Waals surface area contributed by atoms with Crippen LogP contribution in [0.25, 0.3) is 11.3 Å². The molecule has 2 aromatic heterocycles. The summed E-state index contributed by atoms with van der Waals surface area (Å²) in [5.74, 6) is 0. The minimum atomic E-state index is -2.74. The predicted molar refractivity (Wildman–Crippen MR) is 53.8 cm³/mol. The molecule has 0 fully saturated rings. The van der Waals surface area contributed by atoms with Crippen molar-refractivity contribution >= 4 is 10.7 Å². The topological polar surface area (TPSA) is 72.8 Å². The van der Waals surface area contributed by atoms with Gasteiger partial charge in [-0.05, 0) is 18.2 Å². The second-order valence-corrected chi connectivity index (χ2v) is 3.65. The van der Waals surface area contributed by atoms with Gasteiger partial charge in [0.1, 0.15) is 0 Å². The van der Waals surface area contributed by atoms with E-state index >= 15 is 0 Å². The number of hydrogen-bond acceptors (Lipinski definition) is 5. The first kappa shape index (κ1) is 9.72. The molecule has 0 amide bonds. The lowest BCUT2D eigenvalue weighted by molar-refractivity contribution is 0.606. The molecule has 2 heterocycles. The maximum absolute atomic E-state index is 10.7. The summed E-state index contributed by atoms with van der Waals surface area (Å²) in [6.07, 6.45) is 4.67. The normalized spacial score (nSPS) is 10.5. The van der Waals surface area contributed by atoms with E-state index in [1.165, 1.54) is 6.20 Å². The van der Waals surface area contributed by atoms with Crippen LogP contribution in [0.2, 0.25) is 0 Å². The summed E-state index contributed by atoms with van der Waals surface area (Å²) >= 11 is 0. The van der Waals surface area contributed by atoms with Crippen LogP contribution in [0.15, 0.2) is 41.9 Å². The van der Waals surface area contributed by atoms with Gasteiger partial charge in [0.05, 0.1) is 5.69 Å². The number of thiol groups is 1. The molecule has 2 rings (SSSR count). The molecule has 76 valence electrons. The van der Waals surface area contributed by atoms with Crippen LogP contribution >= 0.6 is 0 Å². The highest BCUT2D eigenvalue weighted by molar-refractivity contribution is 7.72. The van der Waals surface area contributed by atoms with Crippen molar-refractivity contribution in [2.75, 3.05) is 0 Å². The van der Waals surface area contributed by atoms with E-state index in [4.69, 9.17) is 0 Å². The number of nitrogens with zero attached hydrogens (tertiary/aromatic N) is 3. The SMILES string of the molecule is O=[SH](=O)c1nccc(-c2cccnc2)n1. The fourth-order valence-electron chi connectivity index (χ4n) is 1.11. The Labute approximate surface area is 87.8 Å². The molecular weight excluding hydrogens is 214 g/mol. The molecule has 0 N–H and O–H groups in total. The van der Waals surface area contributed by atoms with Crippen LogP contribution in [0.5, 0.6) is 0 Å². The first-order chi connectivity index (χ1) is 7.27. The zero-order chi connectivity index (χ0) is 10.7. The summed E-state index contributed by atoms with van der Waals surface area (Å²) in [6.45, 7) is 0. The van der Waals surface area contributed by atoms with Gasteiger partial charge in [0.25, 0.3) is 0 Å². The first-order valence-electron chi connectivity index (χ1n) is 4.15. The van der Waals surface area contributed by atoms with Crippen LogP contribution in [0.1, 0.15) is 0 Å². The summed E-state index contributed by atoms with van der Waals surface area (Å²) in [6, 6.07) is 5.20. The number of pyridine rings is 1. The maximum Gasteiger partial charge on any atom is 0.244 e. The van der Waals surface area contributed by atoms with Gasteiger partial charge in [0.2, 0.25) is 15.9 Å². The number of rotatable bonds is 2. The molecule has 0 aromatic carbocycles. The summed E-state index contributed by atoms with van der Waals surface area (Å²) in [5, 5.41) is -0.175. The average molecular weight is 221 g/mol. The van der Waals surface area contributed by atoms with Crippen molar-refractivity contribution in [3.63, 3.8) is 0 Å². The Morgan fingerprint density at radius 3 is 2.67 bits per heavy atom. The molecule has 0 atom stereocenters. The highest BCUT2D eigenvalue weighted by atomic mass is 32.2. The molecule has 0 aliphatic carbocycles. The molecular formula is C9H7N3O2S. The molecule has 2 aromatic rings. The second-order valence-electron chi connectivity index (χ2n) is 2.74. The lowest BCUT2D eigenvalue weighted by atomic mass is 10.2. The lowest BCUT2D eigenvalue weighted by Gasteiger charge is -1.98. The summed E-state index contributed by atoms with van der Waals surface area (Å²) in [5.41, 5.74) is 1.31. The second kappa shape index (κ2) is 4.14. The van der Waals surface area contributed by atoms with Gasteiger partial charge >= 0.3 is 0 Å². The quantitative estimate of drug-likeness (QED) is 0.591. The predicted octanol–water partition coefficient (Wildman–Crippen LogP) is 0.509. The Kier molecular flexibility index (Phi) is 2.68. The molecule has 15 heavy (non-hydrogen) atoms. The van der Waals surface area contributed by atoms with Crippen molar-refractivity contribution in [3.8, 4) is 11.3 Å². The van der Waals surface area contributed by atoms with Gasteiger partial charge in [0, 0.05) is 24.2 Å². The molecule has 0 saturated heterocycles. The van der Waals surface area contributed by atoms with Crippen molar-refractivity contribution in [1.29, 1.82) is 0 Å². The van der Waals surface area contributed by atoms with Gasteiger partial charge in [-0.2, -0.15) is 0 Å². The fourth-order valence-corrected chi connectivity index (χ4v) is 1.46. The molecule has 0 aliphatic heterocycles. The van der Waals surface area contributed by atoms with E-state index in [9.17, 15) is 8.42 Å². The zero-order valence-electron chi connectivity index (χ0n) is 7.57. The highest BCUT2D eigenvalue weighted by Gasteiger charge is 2.02. The molecule has 0 bridgehead atoms. The summed E-state index contributed by atoms with van der Waals surface area (Å²) in [4.78, 5) is 11.5. The Bertz CT molecular complexity index is 532. The largest absolute Gasteiger partial charge is 0.264 e. The van der Waals surface area contributed by atoms with Gasteiger partial charge in [-0.3, -0.25) is 4.98 Å². The van der Waals surface area contributed by atoms with E-state index in [2.05, 4.69) is 15.0 Å². The summed E-state index contributed by atoms with van der Waals surface area (Å²) < 4.78 is 21.4. The first-order valence-corrected chi connectivity index (χ1v) is 5.33. The van der Waals surface area contributed by atoms with Gasteiger partial charge in [0.15, 0.2) is 0 Å². The fraction of sp³-hybridized carbons (Fsp3) is 0. The van der Waals surface area contributed by atoms with Gasteiger partial charge in [-0.15, -0.1) is 0 Å². The Morgan fingerprint density at radius 1 is 1.13 bits per heavy atom. The Hall–Kier alpha value is -1.82. The molecule has 0 aliphatic rings. The van der Waals surface area contributed by atoms with E-state index in [0.29, 0.717) is 5.69 Å². The number of aromatic nitrogens is 3. The van der Waals surface area contributed by atoms with Crippen molar-refractivity contribution in [3.05, 3.63) is 36.8 Å². The third-order valence-electron chi connectivity index (χ3n) is 1.76. The van der Waals surface area contributed by atoms with E-state index in [0.717, 1.165) is 5.56 Å². The molecule has 0 spiro atoms. The standard InChI is InChI=1S/C9H7N3O2S/c13-15(14)9-11-5-3-8(12-9)7-2-1-4-10-6-7/h1-6,15H. The van der Waals surface area contributed by atoms with Crippen LogP contribution in [0.4, 0.5) is 0 Å². The van der Waals surface area contributed by atoms with Crippen molar-refractivity contribution in [2.45, 2.75) is 5.16 Å². The smallest absolute Gasteiger partial charge is 0.244 e. The van der Waals surface area contributed by atoms with E-state index in [-0.39, 0.29) is 5.16 Å². The lowest BCUT2D eigenvalue weighted by Crippen LogP contribution is -1.93. The van der Waals surface area contributed by atoms with Crippen molar-refractivity contribution in [1.82, 2.24) is 15.0 Å². The third-order valence-corrected chi connectivity index (χ3v) is 2.31. The van der Waals surface area contributed by atoms with Gasteiger partial charge in [-0.25, -0.2) is 18.4 Å². The van der Waals surface area contributed by atoms with Crippen LogP contribution in [-0.4, -0.2) is 23.4 Å². The van der Waals surface area contributed by atoms with Crippen LogP contribution < -0.4 is 0 Å². The van der Waals surface area contributed by atoms with Gasteiger partial charge in [-0.1, -0.05) is 0 Å². The Morgan fingerprint density at radius 2 is 2.00 bits per heavy atom. The molecule has 5 nitrogen and oxygen atoms in total. The zero-order valence-corrected chi connectivity index (χ0v) is 8.46. The summed E-state index contributed by atoms with van der Waals surface area (Å²) in [7, 11) is -2.74. The Balaban J connectivity index is 2.51. The maximum atomic E-state index is 10.7. The van der Waals surface area contributed by atoms with Crippen LogP contribution in [0, 0.1) is 0 Å². The third kappa shape index (κ3) is 2.16. The van der Waals surface area contributed by atoms with Crippen molar-refractivity contribution in [2.24, 2.45) is 0 Å². The minimum Gasteiger partial charge on any atom is -0.264 e. The van der Waals surface area contributed by atoms with E-state index in [1.54, 1.807) is 30.6 Å². The molecule has 0 radical (unpaired) electrons. The van der Waals surface area contributed by atoms with Crippen molar-refractivity contribution < 1.29 is 8.42 Å². The average Bonchev–Trinajstić information content (AvgIpc) is 2.30. The molecule has 0 unspecified atom stereocenters. The molecule has 6 heteroatoms. The number of hydrogen-bond donors (Lipinski definition) is 1. The van der Waals surface area contributed by atoms with Crippen LogP contribution in [0.3, 0.4) is 0 Å². The van der Waals surface area contributed by atoms with Crippen LogP contribution in [-0.2, 0) is 10.7 Å². The monoisotopic (exact) mass is 221 g/mol. The minimum absolute atomic E-state index is 0.175. The highest BCUT2D eigenvalue weighted by Crippen LogP contribution is 2.14. The van der Waals surface area contributed by atoms with Gasteiger partial charge < -0.3 is 0 Å². The van der Waals surface area contributed by atoms with E-state index in [1.807, 2.05) is 0 Å². The van der Waals surface area contributed by atoms with E-state index < -0.39 is 10.7 Å². The molecule has 0 saturated carbocycles.